The monoisotopic (exact) mass is 558 g/mol. The van der Waals surface area contributed by atoms with Crippen molar-refractivity contribution in [3.8, 4) is 0 Å². The molecule has 0 bridgehead atoms. The molecule has 5 unspecified atom stereocenters. The second-order valence-corrected chi connectivity index (χ2v) is 9.85. The first kappa shape index (κ1) is 30.4. The third-order valence-corrected chi connectivity index (χ3v) is 6.73. The number of benzene rings is 1. The number of para-hydroxylation sites is 1. The van der Waals surface area contributed by atoms with Crippen molar-refractivity contribution in [2.45, 2.75) is 69.3 Å². The number of aliphatic hydroxyl groups is 1. The van der Waals surface area contributed by atoms with E-state index in [1.54, 1.807) is 6.20 Å². The van der Waals surface area contributed by atoms with Crippen molar-refractivity contribution in [2.75, 3.05) is 13.1 Å². The van der Waals surface area contributed by atoms with Gasteiger partial charge in [-0.15, -0.1) is 0 Å². The molecule has 218 valence electrons. The van der Waals surface area contributed by atoms with Crippen molar-refractivity contribution in [2.24, 2.45) is 16.5 Å². The number of H-pyrrole nitrogens is 1. The van der Waals surface area contributed by atoms with Gasteiger partial charge in [0.2, 0.25) is 17.7 Å². The number of aliphatic carboxylic acids is 1. The minimum Gasteiger partial charge on any atom is -0.480 e. The van der Waals surface area contributed by atoms with E-state index in [9.17, 15) is 29.4 Å². The molecule has 1 aliphatic heterocycles. The lowest BCUT2D eigenvalue weighted by Crippen LogP contribution is -2.60. The molecule has 11 N–H and O–H groups in total. The zero-order valence-corrected chi connectivity index (χ0v) is 22.4. The van der Waals surface area contributed by atoms with Crippen molar-refractivity contribution < 1.29 is 29.4 Å². The number of carboxylic acids is 1. The number of aliphatic imine (C=N–C) groups is 1. The SMILES string of the molecule is CC(O)C(NC(=O)C1CCCN1)C(=O)NC(Cc1c[nH]c2ccccc12)C(=O)NC(CCCN=C(N)N)C(=O)O. The van der Waals surface area contributed by atoms with Crippen molar-refractivity contribution >= 4 is 40.6 Å². The first-order valence-corrected chi connectivity index (χ1v) is 13.2. The maximum atomic E-state index is 13.4. The van der Waals surface area contributed by atoms with Gasteiger partial charge in [0.25, 0.3) is 0 Å². The minimum atomic E-state index is -1.33. The van der Waals surface area contributed by atoms with Crippen LogP contribution in [-0.4, -0.2) is 88.2 Å². The van der Waals surface area contributed by atoms with E-state index in [0.29, 0.717) is 24.9 Å². The standard InChI is InChI=1S/C26H38N8O6/c1-14(35)21(34-22(36)18-8-4-10-29-18)24(38)33-20(12-15-13-31-17-7-3-2-6-16(15)17)23(37)32-19(25(39)40)9-5-11-30-26(27)28/h2-3,6-7,13-14,18-21,29,31,35H,4-5,8-12H2,1H3,(H,32,37)(H,33,38)(H,34,36)(H,39,40)(H4,27,28,30). The van der Waals surface area contributed by atoms with E-state index in [-0.39, 0.29) is 25.3 Å². The number of nitrogens with two attached hydrogens (primary N) is 2. The van der Waals surface area contributed by atoms with E-state index < -0.39 is 54.0 Å². The van der Waals surface area contributed by atoms with Crippen molar-refractivity contribution in [1.29, 1.82) is 0 Å². The average molecular weight is 559 g/mol. The molecule has 1 saturated heterocycles. The number of nitrogens with zero attached hydrogens (tertiary/aromatic N) is 1. The van der Waals surface area contributed by atoms with Gasteiger partial charge in [0, 0.05) is 30.1 Å². The van der Waals surface area contributed by atoms with Crippen molar-refractivity contribution in [1.82, 2.24) is 26.3 Å². The zero-order valence-electron chi connectivity index (χ0n) is 22.4. The van der Waals surface area contributed by atoms with E-state index >= 15 is 0 Å². The van der Waals surface area contributed by atoms with Gasteiger partial charge in [-0.25, -0.2) is 4.79 Å². The number of aromatic amines is 1. The number of hydrogen-bond donors (Lipinski definition) is 9. The molecule has 2 aromatic rings. The molecule has 14 nitrogen and oxygen atoms in total. The number of carboxylic acid groups (broad SMARTS) is 1. The fourth-order valence-electron chi connectivity index (χ4n) is 4.59. The van der Waals surface area contributed by atoms with Gasteiger partial charge >= 0.3 is 5.97 Å². The van der Waals surface area contributed by atoms with E-state index in [1.165, 1.54) is 6.92 Å². The van der Waals surface area contributed by atoms with Crippen LogP contribution in [0.3, 0.4) is 0 Å². The molecule has 3 amide bonds. The molecule has 0 aliphatic carbocycles. The summed E-state index contributed by atoms with van der Waals surface area (Å²) in [5.41, 5.74) is 12.1. The predicted octanol–water partition coefficient (Wildman–Crippen LogP) is -1.56. The Morgan fingerprint density at radius 1 is 1.10 bits per heavy atom. The summed E-state index contributed by atoms with van der Waals surface area (Å²) < 4.78 is 0. The Morgan fingerprint density at radius 3 is 2.48 bits per heavy atom. The lowest BCUT2D eigenvalue weighted by Gasteiger charge is -2.26. The summed E-state index contributed by atoms with van der Waals surface area (Å²) in [6.07, 6.45) is 2.22. The number of guanidine groups is 1. The van der Waals surface area contributed by atoms with Gasteiger partial charge in [0.1, 0.15) is 18.1 Å². The van der Waals surface area contributed by atoms with Crippen LogP contribution in [0.25, 0.3) is 10.9 Å². The van der Waals surface area contributed by atoms with Gasteiger partial charge in [-0.1, -0.05) is 18.2 Å². The normalized spacial score (nSPS) is 17.8. The Kier molecular flexibility index (Phi) is 10.8. The van der Waals surface area contributed by atoms with Gasteiger partial charge in [-0.05, 0) is 50.8 Å². The summed E-state index contributed by atoms with van der Waals surface area (Å²) in [5.74, 6) is -3.32. The Labute approximate surface area is 231 Å². The van der Waals surface area contributed by atoms with Crippen molar-refractivity contribution in [3.05, 3.63) is 36.0 Å². The molecule has 0 radical (unpaired) electrons. The summed E-state index contributed by atoms with van der Waals surface area (Å²) in [7, 11) is 0. The quantitative estimate of drug-likeness (QED) is 0.0739. The molecule has 5 atom stereocenters. The lowest BCUT2D eigenvalue weighted by atomic mass is 10.0. The Balaban J connectivity index is 1.79. The molecule has 1 aliphatic rings. The first-order valence-electron chi connectivity index (χ1n) is 13.2. The molecule has 1 aromatic carbocycles. The van der Waals surface area contributed by atoms with Crippen LogP contribution in [0.5, 0.6) is 0 Å². The van der Waals surface area contributed by atoms with Crippen LogP contribution in [-0.2, 0) is 25.6 Å². The maximum Gasteiger partial charge on any atom is 0.326 e. The molecule has 2 heterocycles. The Morgan fingerprint density at radius 2 is 1.82 bits per heavy atom. The van der Waals surface area contributed by atoms with Crippen LogP contribution in [0.4, 0.5) is 0 Å². The van der Waals surface area contributed by atoms with E-state index in [0.717, 1.165) is 17.3 Å². The van der Waals surface area contributed by atoms with E-state index in [1.807, 2.05) is 24.3 Å². The van der Waals surface area contributed by atoms with Crippen LogP contribution in [0.2, 0.25) is 0 Å². The number of fused-ring (bicyclic) bond motifs is 1. The van der Waals surface area contributed by atoms with E-state index in [2.05, 4.69) is 31.2 Å². The summed E-state index contributed by atoms with van der Waals surface area (Å²) in [5, 5.41) is 31.5. The summed E-state index contributed by atoms with van der Waals surface area (Å²) in [4.78, 5) is 58.1. The summed E-state index contributed by atoms with van der Waals surface area (Å²) in [6, 6.07) is 3.12. The highest BCUT2D eigenvalue weighted by Gasteiger charge is 2.33. The smallest absolute Gasteiger partial charge is 0.326 e. The minimum absolute atomic E-state index is 0.0204. The van der Waals surface area contributed by atoms with Crippen LogP contribution in [0, 0.1) is 0 Å². The molecule has 0 saturated carbocycles. The van der Waals surface area contributed by atoms with Crippen LogP contribution in [0.15, 0.2) is 35.5 Å². The predicted molar refractivity (Wildman–Crippen MR) is 148 cm³/mol. The second kappa shape index (κ2) is 14.3. The highest BCUT2D eigenvalue weighted by atomic mass is 16.4. The number of hydrogen-bond acceptors (Lipinski definition) is 7. The van der Waals surface area contributed by atoms with Gasteiger partial charge in [-0.2, -0.15) is 0 Å². The summed E-state index contributed by atoms with van der Waals surface area (Å²) in [6.45, 7) is 2.22. The van der Waals surface area contributed by atoms with Gasteiger partial charge in [0.05, 0.1) is 12.1 Å². The van der Waals surface area contributed by atoms with Crippen LogP contribution < -0.4 is 32.7 Å². The molecule has 3 rings (SSSR count). The topological polar surface area (TPSA) is 237 Å². The van der Waals surface area contributed by atoms with Crippen LogP contribution >= 0.6 is 0 Å². The summed E-state index contributed by atoms with van der Waals surface area (Å²) >= 11 is 0. The number of amides is 3. The van der Waals surface area contributed by atoms with Gasteiger partial charge < -0.3 is 47.9 Å². The number of nitrogens with one attached hydrogen (secondary N) is 5. The van der Waals surface area contributed by atoms with Gasteiger partial charge in [0.15, 0.2) is 5.96 Å². The molecular formula is C26H38N8O6. The molecular weight excluding hydrogens is 520 g/mol. The van der Waals surface area contributed by atoms with Crippen LogP contribution in [0.1, 0.15) is 38.2 Å². The number of aliphatic hydroxyl groups excluding tert-OH is 1. The Bertz CT molecular complexity index is 1220. The number of aromatic nitrogens is 1. The van der Waals surface area contributed by atoms with Gasteiger partial charge in [-0.3, -0.25) is 19.4 Å². The molecule has 1 aromatic heterocycles. The third-order valence-electron chi connectivity index (χ3n) is 6.73. The molecule has 1 fully saturated rings. The lowest BCUT2D eigenvalue weighted by molar-refractivity contribution is -0.142. The molecule has 0 spiro atoms. The third kappa shape index (κ3) is 8.41. The van der Waals surface area contributed by atoms with E-state index in [4.69, 9.17) is 11.5 Å². The first-order chi connectivity index (χ1) is 19.1. The maximum absolute atomic E-state index is 13.4. The molecule has 40 heavy (non-hydrogen) atoms. The number of carbonyl (C=O) groups is 4. The zero-order chi connectivity index (χ0) is 29.2. The highest BCUT2D eigenvalue weighted by molar-refractivity contribution is 5.95. The average Bonchev–Trinajstić information content (AvgIpc) is 3.58. The van der Waals surface area contributed by atoms with Crippen molar-refractivity contribution in [3.63, 3.8) is 0 Å². The fourth-order valence-corrected chi connectivity index (χ4v) is 4.59. The molecule has 14 heteroatoms. The fraction of sp³-hybridized carbons (Fsp3) is 0.500. The second-order valence-electron chi connectivity index (χ2n) is 9.85. The highest BCUT2D eigenvalue weighted by Crippen LogP contribution is 2.19. The largest absolute Gasteiger partial charge is 0.480 e. The number of carbonyl (C=O) groups excluding carboxylic acids is 3. The number of rotatable bonds is 14. The Hall–Kier alpha value is -4.17.